The first-order chi connectivity index (χ1) is 12.1. The molecule has 0 spiro atoms. The van der Waals surface area contributed by atoms with Crippen LogP contribution in [-0.2, 0) is 0 Å². The number of hydrogen-bond donors (Lipinski definition) is 1. The number of ether oxygens (including phenoxy) is 1. The van der Waals surface area contributed by atoms with Gasteiger partial charge in [-0.25, -0.2) is 4.98 Å². The van der Waals surface area contributed by atoms with Gasteiger partial charge in [0.25, 0.3) is 5.91 Å². The van der Waals surface area contributed by atoms with Crippen LogP contribution >= 0.6 is 22.9 Å². The van der Waals surface area contributed by atoms with Gasteiger partial charge in [0.2, 0.25) is 5.06 Å². The van der Waals surface area contributed by atoms with Crippen LogP contribution in [0.3, 0.4) is 0 Å². The van der Waals surface area contributed by atoms with E-state index in [1.165, 1.54) is 24.2 Å². The van der Waals surface area contributed by atoms with Crippen molar-refractivity contribution >= 4 is 28.8 Å². The number of thiazole rings is 1. The molecule has 0 radical (unpaired) electrons. The van der Waals surface area contributed by atoms with Gasteiger partial charge in [-0.2, -0.15) is 0 Å². The molecule has 1 aromatic heterocycles. The number of amides is 1. The number of rotatable bonds is 4. The van der Waals surface area contributed by atoms with Gasteiger partial charge >= 0.3 is 0 Å². The lowest BCUT2D eigenvalue weighted by Crippen LogP contribution is -2.62. The largest absolute Gasteiger partial charge is 0.445 e. The smallest absolute Gasteiger partial charge is 0.251 e. The molecule has 4 heterocycles. The lowest BCUT2D eigenvalue weighted by atomic mass is 9.79. The maximum absolute atomic E-state index is 12.6. The van der Waals surface area contributed by atoms with E-state index in [0.717, 1.165) is 13.1 Å². The van der Waals surface area contributed by atoms with Crippen molar-refractivity contribution in [1.82, 2.24) is 15.2 Å². The summed E-state index contributed by atoms with van der Waals surface area (Å²) in [7, 11) is 0. The van der Waals surface area contributed by atoms with Crippen molar-refractivity contribution in [2.24, 2.45) is 5.92 Å². The van der Waals surface area contributed by atoms with Crippen LogP contribution in [0.5, 0.6) is 10.8 Å². The second-order valence-electron chi connectivity index (χ2n) is 6.67. The normalized spacial score (nSPS) is 27.9. The van der Waals surface area contributed by atoms with Crippen molar-refractivity contribution in [1.29, 1.82) is 0 Å². The number of benzene rings is 1. The number of halogens is 1. The molecule has 0 saturated carbocycles. The molecular weight excluding hydrogens is 358 g/mol. The molecule has 1 N–H and O–H groups in total. The van der Waals surface area contributed by atoms with Crippen LogP contribution in [0.15, 0.2) is 30.5 Å². The third-order valence-corrected chi connectivity index (χ3v) is 6.26. The summed E-state index contributed by atoms with van der Waals surface area (Å²) in [5.74, 6) is 1.24. The predicted molar refractivity (Wildman–Crippen MR) is 98.7 cm³/mol. The Labute approximate surface area is 156 Å². The highest BCUT2D eigenvalue weighted by atomic mass is 35.5. The van der Waals surface area contributed by atoms with E-state index < -0.39 is 0 Å². The van der Waals surface area contributed by atoms with Gasteiger partial charge < -0.3 is 10.1 Å². The molecule has 2 bridgehead atoms. The summed E-state index contributed by atoms with van der Waals surface area (Å²) >= 11 is 7.07. The quantitative estimate of drug-likeness (QED) is 0.880. The number of carbonyl (C=O) groups is 1. The van der Waals surface area contributed by atoms with Gasteiger partial charge in [0.1, 0.15) is 5.75 Å². The molecule has 3 saturated heterocycles. The Hall–Kier alpha value is -1.63. The van der Waals surface area contributed by atoms with Crippen LogP contribution in [0.25, 0.3) is 0 Å². The van der Waals surface area contributed by atoms with Crippen LogP contribution in [0.4, 0.5) is 0 Å². The average Bonchev–Trinajstić information content (AvgIpc) is 3.04. The highest BCUT2D eigenvalue weighted by Gasteiger charge is 2.40. The Morgan fingerprint density at radius 2 is 2.04 bits per heavy atom. The van der Waals surface area contributed by atoms with E-state index in [1.807, 2.05) is 0 Å². The zero-order valence-corrected chi connectivity index (χ0v) is 15.5. The van der Waals surface area contributed by atoms with Crippen LogP contribution in [-0.4, -0.2) is 41.0 Å². The van der Waals surface area contributed by atoms with Gasteiger partial charge in [-0.05, 0) is 63.0 Å². The minimum absolute atomic E-state index is 0.0158. The Kier molecular flexibility index (Phi) is 4.67. The molecule has 5 nitrogen and oxygen atoms in total. The third kappa shape index (κ3) is 3.52. The summed E-state index contributed by atoms with van der Waals surface area (Å²) in [5, 5.41) is 3.87. The number of hydrogen-bond acceptors (Lipinski definition) is 5. The molecule has 3 aliphatic heterocycles. The van der Waals surface area contributed by atoms with Crippen molar-refractivity contribution < 1.29 is 9.53 Å². The van der Waals surface area contributed by atoms with Gasteiger partial charge in [0.15, 0.2) is 4.47 Å². The maximum Gasteiger partial charge on any atom is 0.251 e. The summed E-state index contributed by atoms with van der Waals surface area (Å²) < 4.78 is 6.12. The Morgan fingerprint density at radius 3 is 2.64 bits per heavy atom. The van der Waals surface area contributed by atoms with E-state index in [4.69, 9.17) is 16.3 Å². The minimum atomic E-state index is -0.0158. The zero-order chi connectivity index (χ0) is 17.4. The summed E-state index contributed by atoms with van der Waals surface area (Å²) in [4.78, 5) is 19.0. The molecule has 3 fully saturated rings. The Bertz CT molecular complexity index is 754. The zero-order valence-electron chi connectivity index (χ0n) is 13.9. The topological polar surface area (TPSA) is 54.5 Å². The van der Waals surface area contributed by atoms with E-state index in [9.17, 15) is 4.79 Å². The van der Waals surface area contributed by atoms with Crippen LogP contribution < -0.4 is 10.1 Å². The SMILES string of the molecule is CC1C(NC(=O)c2ccc(Oc3cnc(Cl)s3)cc2)C2CCN1CC2. The van der Waals surface area contributed by atoms with E-state index in [-0.39, 0.29) is 11.9 Å². The van der Waals surface area contributed by atoms with Crippen LogP contribution in [0.2, 0.25) is 4.47 Å². The molecule has 25 heavy (non-hydrogen) atoms. The fourth-order valence-electron chi connectivity index (χ4n) is 3.86. The second-order valence-corrected chi connectivity index (χ2v) is 8.25. The van der Waals surface area contributed by atoms with E-state index >= 15 is 0 Å². The lowest BCUT2D eigenvalue weighted by Gasteiger charge is -2.49. The number of fused-ring (bicyclic) bond motifs is 3. The molecule has 1 amide bonds. The standard InChI is InChI=1S/C18H20ClN3O2S/c1-11-16(12-6-8-22(11)9-7-12)21-17(23)13-2-4-14(5-3-13)24-15-10-20-18(19)25-15/h2-5,10-12,16H,6-9H2,1H3,(H,21,23). The molecule has 0 aliphatic carbocycles. The van der Waals surface area contributed by atoms with Crippen molar-refractivity contribution in [3.63, 3.8) is 0 Å². The predicted octanol–water partition coefficient (Wildman–Crippen LogP) is 3.80. The second kappa shape index (κ2) is 6.94. The summed E-state index contributed by atoms with van der Waals surface area (Å²) in [5.41, 5.74) is 0.651. The third-order valence-electron chi connectivity index (χ3n) is 5.27. The minimum Gasteiger partial charge on any atom is -0.445 e. The first-order valence-corrected chi connectivity index (χ1v) is 9.74. The molecule has 2 unspecified atom stereocenters. The van der Waals surface area contributed by atoms with Gasteiger partial charge in [-0.1, -0.05) is 22.9 Å². The molecule has 2 aromatic rings. The maximum atomic E-state index is 12.6. The summed E-state index contributed by atoms with van der Waals surface area (Å²) in [6.07, 6.45) is 3.95. The highest BCUT2D eigenvalue weighted by molar-refractivity contribution is 7.17. The number of piperidine rings is 3. The van der Waals surface area contributed by atoms with Gasteiger partial charge in [0.05, 0.1) is 6.20 Å². The molecule has 5 rings (SSSR count). The fraction of sp³-hybridized carbons (Fsp3) is 0.444. The van der Waals surface area contributed by atoms with E-state index in [0.29, 0.717) is 32.8 Å². The summed E-state index contributed by atoms with van der Waals surface area (Å²) in [6.45, 7) is 4.53. The van der Waals surface area contributed by atoms with Crippen molar-refractivity contribution in [3.8, 4) is 10.8 Å². The van der Waals surface area contributed by atoms with Crippen molar-refractivity contribution in [2.45, 2.75) is 31.8 Å². The highest BCUT2D eigenvalue weighted by Crippen LogP contribution is 2.33. The van der Waals surface area contributed by atoms with Crippen molar-refractivity contribution in [3.05, 3.63) is 40.5 Å². The molecule has 3 aliphatic rings. The fourth-order valence-corrected chi connectivity index (χ4v) is 4.65. The monoisotopic (exact) mass is 377 g/mol. The lowest BCUT2D eigenvalue weighted by molar-refractivity contribution is 0.0217. The number of aromatic nitrogens is 1. The van der Waals surface area contributed by atoms with Gasteiger partial charge in [-0.15, -0.1) is 0 Å². The van der Waals surface area contributed by atoms with Crippen molar-refractivity contribution in [2.75, 3.05) is 13.1 Å². The van der Waals surface area contributed by atoms with Crippen LogP contribution in [0.1, 0.15) is 30.1 Å². The Morgan fingerprint density at radius 1 is 1.32 bits per heavy atom. The molecular formula is C18H20ClN3O2S. The molecule has 132 valence electrons. The van der Waals surface area contributed by atoms with Gasteiger partial charge in [0, 0.05) is 17.6 Å². The molecule has 2 atom stereocenters. The van der Waals surface area contributed by atoms with E-state index in [2.05, 4.69) is 22.1 Å². The Balaban J connectivity index is 1.40. The molecule has 7 heteroatoms. The van der Waals surface area contributed by atoms with Crippen LogP contribution in [0, 0.1) is 5.92 Å². The number of nitrogens with one attached hydrogen (secondary N) is 1. The summed E-state index contributed by atoms with van der Waals surface area (Å²) in [6, 6.07) is 7.82. The van der Waals surface area contributed by atoms with E-state index in [1.54, 1.807) is 30.5 Å². The number of carbonyl (C=O) groups excluding carboxylic acids is 1. The average molecular weight is 378 g/mol. The molecule has 1 aromatic carbocycles. The number of nitrogens with zero attached hydrogens (tertiary/aromatic N) is 2. The van der Waals surface area contributed by atoms with Gasteiger partial charge in [-0.3, -0.25) is 9.69 Å². The first-order valence-electron chi connectivity index (χ1n) is 8.54. The first kappa shape index (κ1) is 16.8.